The molecule has 4 nitrogen and oxygen atoms in total. The van der Waals surface area contributed by atoms with Gasteiger partial charge in [0, 0.05) is 17.5 Å². The number of rotatable bonds is 6. The minimum absolute atomic E-state index is 0.0650. The summed E-state index contributed by atoms with van der Waals surface area (Å²) in [6, 6.07) is 4.36. The van der Waals surface area contributed by atoms with Crippen LogP contribution in [-0.2, 0) is 10.0 Å². The van der Waals surface area contributed by atoms with Crippen LogP contribution >= 0.6 is 23.4 Å². The highest BCUT2D eigenvalue weighted by atomic mass is 35.5. The van der Waals surface area contributed by atoms with E-state index in [2.05, 4.69) is 11.6 Å². The van der Waals surface area contributed by atoms with Crippen molar-refractivity contribution < 1.29 is 8.42 Å². The van der Waals surface area contributed by atoms with Crippen LogP contribution < -0.4 is 10.5 Å². The van der Waals surface area contributed by atoms with E-state index >= 15 is 0 Å². The highest BCUT2D eigenvalue weighted by Gasteiger charge is 2.17. The molecule has 0 aromatic heterocycles. The zero-order valence-corrected chi connectivity index (χ0v) is 12.7. The summed E-state index contributed by atoms with van der Waals surface area (Å²) in [7, 11) is -3.56. The molecule has 0 bridgehead atoms. The molecule has 0 saturated carbocycles. The van der Waals surface area contributed by atoms with Crippen LogP contribution in [-0.4, -0.2) is 26.5 Å². The van der Waals surface area contributed by atoms with Crippen LogP contribution in [0.1, 0.15) is 13.3 Å². The average Bonchev–Trinajstić information content (AvgIpc) is 2.27. The molecular formula is C11H17ClN2O2S2. The molecular weight excluding hydrogens is 292 g/mol. The summed E-state index contributed by atoms with van der Waals surface area (Å²) in [5.74, 6) is 0. The number of nitrogen functional groups attached to an aromatic ring is 1. The van der Waals surface area contributed by atoms with Crippen molar-refractivity contribution in [3.8, 4) is 0 Å². The summed E-state index contributed by atoms with van der Waals surface area (Å²) in [6.07, 6.45) is 2.77. The molecule has 0 saturated heterocycles. The van der Waals surface area contributed by atoms with Crippen molar-refractivity contribution in [2.45, 2.75) is 23.5 Å². The quantitative estimate of drug-likeness (QED) is 0.791. The van der Waals surface area contributed by atoms with Crippen LogP contribution in [0.15, 0.2) is 23.1 Å². The number of halogens is 1. The monoisotopic (exact) mass is 308 g/mol. The van der Waals surface area contributed by atoms with Gasteiger partial charge in [0.2, 0.25) is 10.0 Å². The summed E-state index contributed by atoms with van der Waals surface area (Å²) < 4.78 is 26.5. The lowest BCUT2D eigenvalue weighted by Gasteiger charge is -2.11. The van der Waals surface area contributed by atoms with E-state index in [4.69, 9.17) is 17.3 Å². The highest BCUT2D eigenvalue weighted by molar-refractivity contribution is 7.99. The summed E-state index contributed by atoms with van der Waals surface area (Å²) >= 11 is 7.58. The average molecular weight is 309 g/mol. The maximum Gasteiger partial charge on any atom is 0.242 e. The van der Waals surface area contributed by atoms with E-state index in [1.807, 2.05) is 6.26 Å². The van der Waals surface area contributed by atoms with Crippen molar-refractivity contribution in [2.75, 3.05) is 18.5 Å². The molecule has 0 amide bonds. The number of benzene rings is 1. The minimum atomic E-state index is -3.56. The Bertz CT molecular complexity index is 506. The zero-order chi connectivity index (χ0) is 13.8. The van der Waals surface area contributed by atoms with Gasteiger partial charge in [-0.2, -0.15) is 11.8 Å². The second-order valence-corrected chi connectivity index (χ2v) is 7.34. The zero-order valence-electron chi connectivity index (χ0n) is 10.3. The van der Waals surface area contributed by atoms with Gasteiger partial charge in [-0.25, -0.2) is 13.1 Å². The van der Waals surface area contributed by atoms with Crippen LogP contribution in [0.25, 0.3) is 0 Å². The molecule has 0 radical (unpaired) electrons. The van der Waals surface area contributed by atoms with Gasteiger partial charge in [-0.3, -0.25) is 0 Å². The number of thioether (sulfide) groups is 1. The van der Waals surface area contributed by atoms with E-state index in [0.717, 1.165) is 6.42 Å². The summed E-state index contributed by atoms with van der Waals surface area (Å²) in [5.41, 5.74) is 5.97. The first-order valence-electron chi connectivity index (χ1n) is 5.44. The number of hydrogen-bond acceptors (Lipinski definition) is 4. The smallest absolute Gasteiger partial charge is 0.242 e. The van der Waals surface area contributed by atoms with Gasteiger partial charge in [0.25, 0.3) is 0 Å². The van der Waals surface area contributed by atoms with Crippen molar-refractivity contribution in [1.29, 1.82) is 0 Å². The lowest BCUT2D eigenvalue weighted by Crippen LogP contribution is -2.26. The normalized spacial score (nSPS) is 13.5. The number of hydrogen-bond donors (Lipinski definition) is 2. The van der Waals surface area contributed by atoms with E-state index in [1.165, 1.54) is 18.2 Å². The molecule has 1 unspecified atom stereocenters. The Balaban J connectivity index is 2.74. The molecule has 1 rings (SSSR count). The number of sulfonamides is 1. The third-order valence-corrected chi connectivity index (χ3v) is 5.48. The van der Waals surface area contributed by atoms with Crippen molar-refractivity contribution in [2.24, 2.45) is 0 Å². The van der Waals surface area contributed by atoms with E-state index in [-0.39, 0.29) is 9.92 Å². The predicted molar refractivity (Wildman–Crippen MR) is 78.6 cm³/mol. The van der Waals surface area contributed by atoms with Crippen LogP contribution in [0.4, 0.5) is 5.69 Å². The first kappa shape index (κ1) is 15.6. The first-order valence-corrected chi connectivity index (χ1v) is 8.59. The molecule has 0 aliphatic heterocycles. The Morgan fingerprint density at radius 1 is 1.50 bits per heavy atom. The van der Waals surface area contributed by atoms with Crippen molar-refractivity contribution >= 4 is 39.1 Å². The Morgan fingerprint density at radius 3 is 2.72 bits per heavy atom. The van der Waals surface area contributed by atoms with Gasteiger partial charge in [0.1, 0.15) is 4.90 Å². The maximum atomic E-state index is 12.0. The molecule has 0 heterocycles. The molecule has 3 N–H and O–H groups in total. The first-order chi connectivity index (χ1) is 8.36. The molecule has 0 aliphatic rings. The van der Waals surface area contributed by atoms with Gasteiger partial charge in [-0.1, -0.05) is 18.5 Å². The van der Waals surface area contributed by atoms with Gasteiger partial charge < -0.3 is 5.73 Å². The standard InChI is InChI=1S/C11H17ClN2O2S2/c1-8(17-2)5-6-14-18(15,16)11-4-3-9(13)7-10(11)12/h3-4,7-8,14H,5-6,13H2,1-2H3. The Labute approximate surface area is 117 Å². The second kappa shape index (κ2) is 6.65. The van der Waals surface area contributed by atoms with E-state index < -0.39 is 10.0 Å². The van der Waals surface area contributed by atoms with E-state index in [1.54, 1.807) is 11.8 Å². The fourth-order valence-electron chi connectivity index (χ4n) is 1.33. The lowest BCUT2D eigenvalue weighted by atomic mass is 10.3. The summed E-state index contributed by atoms with van der Waals surface area (Å²) in [5, 5.41) is 0.551. The SMILES string of the molecule is CSC(C)CCNS(=O)(=O)c1ccc(N)cc1Cl. The topological polar surface area (TPSA) is 72.2 Å². The Morgan fingerprint density at radius 2 is 2.17 bits per heavy atom. The number of nitrogens with one attached hydrogen (secondary N) is 1. The van der Waals surface area contributed by atoms with Crippen molar-refractivity contribution in [3.05, 3.63) is 23.2 Å². The maximum absolute atomic E-state index is 12.0. The molecule has 0 spiro atoms. The minimum Gasteiger partial charge on any atom is -0.399 e. The van der Waals surface area contributed by atoms with Gasteiger partial charge >= 0.3 is 0 Å². The Kier molecular flexibility index (Phi) is 5.78. The fraction of sp³-hybridized carbons (Fsp3) is 0.455. The molecule has 1 aromatic carbocycles. The lowest BCUT2D eigenvalue weighted by molar-refractivity contribution is 0.579. The Hall–Kier alpha value is -0.430. The van der Waals surface area contributed by atoms with Crippen LogP contribution in [0, 0.1) is 0 Å². The number of nitrogens with two attached hydrogens (primary N) is 1. The summed E-state index contributed by atoms with van der Waals surface area (Å²) in [4.78, 5) is 0.0650. The third kappa shape index (κ3) is 4.35. The largest absolute Gasteiger partial charge is 0.399 e. The molecule has 0 fully saturated rings. The molecule has 102 valence electrons. The molecule has 0 aliphatic carbocycles. The predicted octanol–water partition coefficient (Wildman–Crippen LogP) is 2.34. The number of anilines is 1. The van der Waals surface area contributed by atoms with Gasteiger partial charge in [0.15, 0.2) is 0 Å². The molecule has 7 heteroatoms. The molecule has 1 aromatic rings. The molecule has 18 heavy (non-hydrogen) atoms. The highest BCUT2D eigenvalue weighted by Crippen LogP contribution is 2.23. The third-order valence-electron chi connectivity index (χ3n) is 2.49. The van der Waals surface area contributed by atoms with E-state index in [9.17, 15) is 8.42 Å². The fourth-order valence-corrected chi connectivity index (χ4v) is 3.28. The van der Waals surface area contributed by atoms with Crippen molar-refractivity contribution in [1.82, 2.24) is 4.72 Å². The second-order valence-electron chi connectivity index (χ2n) is 3.92. The van der Waals surface area contributed by atoms with E-state index in [0.29, 0.717) is 17.5 Å². The van der Waals surface area contributed by atoms with Gasteiger partial charge in [0.05, 0.1) is 5.02 Å². The van der Waals surface area contributed by atoms with Crippen LogP contribution in [0.3, 0.4) is 0 Å². The van der Waals surface area contributed by atoms with Crippen LogP contribution in [0.2, 0.25) is 5.02 Å². The van der Waals surface area contributed by atoms with Gasteiger partial charge in [-0.15, -0.1) is 0 Å². The molecule has 1 atom stereocenters. The van der Waals surface area contributed by atoms with Gasteiger partial charge in [-0.05, 0) is 30.9 Å². The van der Waals surface area contributed by atoms with Crippen molar-refractivity contribution in [3.63, 3.8) is 0 Å². The van der Waals surface area contributed by atoms with Crippen LogP contribution in [0.5, 0.6) is 0 Å². The summed E-state index contributed by atoms with van der Waals surface area (Å²) in [6.45, 7) is 2.44.